The van der Waals surface area contributed by atoms with Gasteiger partial charge in [-0.05, 0) is 67.1 Å². The summed E-state index contributed by atoms with van der Waals surface area (Å²) in [6.45, 7) is 2.18. The average Bonchev–Trinajstić information content (AvgIpc) is 3.13. The van der Waals surface area contributed by atoms with Crippen LogP contribution in [0.4, 0.5) is 0 Å². The van der Waals surface area contributed by atoms with E-state index >= 15 is 0 Å². The van der Waals surface area contributed by atoms with Crippen molar-refractivity contribution < 1.29 is 0 Å². The Hall–Kier alpha value is -2.46. The molecule has 1 aliphatic carbocycles. The molecule has 1 saturated carbocycles. The lowest BCUT2D eigenvalue weighted by molar-refractivity contribution is 0.442. The van der Waals surface area contributed by atoms with Crippen LogP contribution in [-0.2, 0) is 0 Å². The van der Waals surface area contributed by atoms with Crippen LogP contribution in [0.5, 0.6) is 0 Å². The Morgan fingerprint density at radius 1 is 1.00 bits per heavy atom. The molecule has 2 heterocycles. The van der Waals surface area contributed by atoms with Crippen molar-refractivity contribution in [2.75, 3.05) is 0 Å². The minimum absolute atomic E-state index is 0.527. The fourth-order valence-corrected chi connectivity index (χ4v) is 4.83. The lowest BCUT2D eigenvalue weighted by Gasteiger charge is -2.25. The van der Waals surface area contributed by atoms with Gasteiger partial charge in [0.05, 0.1) is 16.7 Å². The van der Waals surface area contributed by atoms with Gasteiger partial charge in [-0.25, -0.2) is 9.67 Å². The van der Waals surface area contributed by atoms with E-state index in [4.69, 9.17) is 16.6 Å². The molecule has 0 bridgehead atoms. The predicted molar refractivity (Wildman–Crippen MR) is 110 cm³/mol. The minimum Gasteiger partial charge on any atom is -0.236 e. The monoisotopic (exact) mass is 376 g/mol. The molecule has 136 valence electrons. The van der Waals surface area contributed by atoms with E-state index in [2.05, 4.69) is 23.3 Å². The second kappa shape index (κ2) is 6.61. The summed E-state index contributed by atoms with van der Waals surface area (Å²) in [4.78, 5) is 4.72. The van der Waals surface area contributed by atoms with Crippen molar-refractivity contribution in [2.45, 2.75) is 44.9 Å². The summed E-state index contributed by atoms with van der Waals surface area (Å²) < 4.78 is 1.89. The fourth-order valence-electron chi connectivity index (χ4n) is 4.44. The highest BCUT2D eigenvalue weighted by atomic mass is 35.5. The standard InChI is InChI=1S/C22H21ClN4/c1-14-17-13-16(27-20-10-6-5-9-19(20)25-26-27)11-12-18(17)24-22(23)21(14)15-7-3-2-4-8-15/h5-6,9-13,15H,2-4,7-8H2,1H3. The van der Waals surface area contributed by atoms with E-state index in [0.29, 0.717) is 11.1 Å². The summed E-state index contributed by atoms with van der Waals surface area (Å²) >= 11 is 6.62. The van der Waals surface area contributed by atoms with Crippen LogP contribution in [0.25, 0.3) is 27.6 Å². The van der Waals surface area contributed by atoms with Crippen LogP contribution in [0.15, 0.2) is 42.5 Å². The highest BCUT2D eigenvalue weighted by Crippen LogP contribution is 2.40. The number of rotatable bonds is 2. The molecule has 2 aromatic carbocycles. The number of aromatic nitrogens is 4. The van der Waals surface area contributed by atoms with Gasteiger partial charge in [0.15, 0.2) is 0 Å². The average molecular weight is 377 g/mol. The van der Waals surface area contributed by atoms with Gasteiger partial charge in [-0.2, -0.15) is 0 Å². The zero-order chi connectivity index (χ0) is 18.4. The van der Waals surface area contributed by atoms with Crippen molar-refractivity contribution in [3.63, 3.8) is 0 Å². The normalized spacial score (nSPS) is 15.6. The molecule has 0 radical (unpaired) electrons. The first-order chi connectivity index (χ1) is 13.2. The number of aryl methyl sites for hydroxylation is 1. The second-order valence-corrected chi connectivity index (χ2v) is 7.83. The first-order valence-electron chi connectivity index (χ1n) is 9.63. The van der Waals surface area contributed by atoms with Crippen LogP contribution < -0.4 is 0 Å². The van der Waals surface area contributed by atoms with E-state index < -0.39 is 0 Å². The van der Waals surface area contributed by atoms with Crippen molar-refractivity contribution in [1.29, 1.82) is 0 Å². The summed E-state index contributed by atoms with van der Waals surface area (Å²) in [5.41, 5.74) is 6.33. The summed E-state index contributed by atoms with van der Waals surface area (Å²) in [5.74, 6) is 0.527. The first kappa shape index (κ1) is 16.7. The second-order valence-electron chi connectivity index (χ2n) is 7.47. The van der Waals surface area contributed by atoms with Gasteiger partial charge in [-0.15, -0.1) is 5.10 Å². The predicted octanol–water partition coefficient (Wildman–Crippen LogP) is 5.98. The van der Waals surface area contributed by atoms with Crippen LogP contribution in [0.1, 0.15) is 49.1 Å². The summed E-state index contributed by atoms with van der Waals surface area (Å²) in [6, 6.07) is 14.2. The van der Waals surface area contributed by atoms with E-state index in [1.165, 1.54) is 43.2 Å². The Bertz CT molecular complexity index is 1140. The Kier molecular flexibility index (Phi) is 4.09. The topological polar surface area (TPSA) is 43.6 Å². The highest BCUT2D eigenvalue weighted by molar-refractivity contribution is 6.30. The van der Waals surface area contributed by atoms with E-state index in [9.17, 15) is 0 Å². The Labute approximate surface area is 163 Å². The van der Waals surface area contributed by atoms with E-state index in [0.717, 1.165) is 27.6 Å². The van der Waals surface area contributed by atoms with Crippen LogP contribution >= 0.6 is 11.6 Å². The van der Waals surface area contributed by atoms with Crippen molar-refractivity contribution in [1.82, 2.24) is 20.0 Å². The third kappa shape index (κ3) is 2.79. The van der Waals surface area contributed by atoms with E-state index in [-0.39, 0.29) is 0 Å². The number of pyridine rings is 1. The molecule has 4 nitrogen and oxygen atoms in total. The number of fused-ring (bicyclic) bond motifs is 2. The van der Waals surface area contributed by atoms with Crippen LogP contribution in [0.2, 0.25) is 5.15 Å². The van der Waals surface area contributed by atoms with Gasteiger partial charge in [-0.3, -0.25) is 0 Å². The molecule has 0 unspecified atom stereocenters. The third-order valence-corrected chi connectivity index (χ3v) is 6.13. The van der Waals surface area contributed by atoms with Crippen LogP contribution in [-0.4, -0.2) is 20.0 Å². The number of hydrogen-bond donors (Lipinski definition) is 0. The zero-order valence-corrected chi connectivity index (χ0v) is 16.1. The SMILES string of the molecule is Cc1c(C2CCCCC2)c(Cl)nc2ccc(-n3nnc4ccccc43)cc12. The molecule has 0 amide bonds. The lowest BCUT2D eigenvalue weighted by Crippen LogP contribution is -2.08. The molecule has 27 heavy (non-hydrogen) atoms. The molecular formula is C22H21ClN4. The minimum atomic E-state index is 0.527. The van der Waals surface area contributed by atoms with Crippen LogP contribution in [0, 0.1) is 6.92 Å². The van der Waals surface area contributed by atoms with E-state index in [1.807, 2.05) is 41.1 Å². The lowest BCUT2D eigenvalue weighted by atomic mass is 9.82. The molecule has 5 heteroatoms. The maximum Gasteiger partial charge on any atom is 0.133 e. The molecule has 0 N–H and O–H groups in total. The molecule has 1 fully saturated rings. The largest absolute Gasteiger partial charge is 0.236 e. The maximum absolute atomic E-state index is 6.62. The van der Waals surface area contributed by atoms with Gasteiger partial charge in [0.1, 0.15) is 10.7 Å². The smallest absolute Gasteiger partial charge is 0.133 e. The number of halogens is 1. The third-order valence-electron chi connectivity index (χ3n) is 5.84. The zero-order valence-electron chi connectivity index (χ0n) is 15.3. The van der Waals surface area contributed by atoms with Crippen molar-refractivity contribution in [3.8, 4) is 5.69 Å². The molecule has 0 spiro atoms. The number of hydrogen-bond acceptors (Lipinski definition) is 3. The van der Waals surface area contributed by atoms with Gasteiger partial charge in [0, 0.05) is 5.39 Å². The number of nitrogens with zero attached hydrogens (tertiary/aromatic N) is 4. The van der Waals surface area contributed by atoms with Gasteiger partial charge < -0.3 is 0 Å². The van der Waals surface area contributed by atoms with Crippen molar-refractivity contribution in [3.05, 3.63) is 58.7 Å². The molecule has 1 aliphatic rings. The van der Waals surface area contributed by atoms with Gasteiger partial charge in [-0.1, -0.05) is 48.2 Å². The molecule has 2 aromatic heterocycles. The molecule has 4 aromatic rings. The van der Waals surface area contributed by atoms with E-state index in [1.54, 1.807) is 0 Å². The van der Waals surface area contributed by atoms with Gasteiger partial charge >= 0.3 is 0 Å². The van der Waals surface area contributed by atoms with Crippen molar-refractivity contribution in [2.24, 2.45) is 0 Å². The molecule has 0 aliphatic heterocycles. The number of benzene rings is 2. The highest BCUT2D eigenvalue weighted by Gasteiger charge is 2.22. The molecule has 0 saturated heterocycles. The summed E-state index contributed by atoms with van der Waals surface area (Å²) in [7, 11) is 0. The quantitative estimate of drug-likeness (QED) is 0.404. The molecular weight excluding hydrogens is 356 g/mol. The fraction of sp³-hybridized carbons (Fsp3) is 0.318. The Balaban J connectivity index is 1.68. The molecule has 5 rings (SSSR count). The van der Waals surface area contributed by atoms with Crippen molar-refractivity contribution >= 4 is 33.5 Å². The first-order valence-corrected chi connectivity index (χ1v) is 10.0. The Morgan fingerprint density at radius 2 is 1.81 bits per heavy atom. The molecule has 0 atom stereocenters. The van der Waals surface area contributed by atoms with Crippen LogP contribution in [0.3, 0.4) is 0 Å². The van der Waals surface area contributed by atoms with Gasteiger partial charge in [0.25, 0.3) is 0 Å². The van der Waals surface area contributed by atoms with Gasteiger partial charge in [0.2, 0.25) is 0 Å². The summed E-state index contributed by atoms with van der Waals surface area (Å²) in [5, 5.41) is 10.5. The number of para-hydroxylation sites is 1. The Morgan fingerprint density at radius 3 is 2.67 bits per heavy atom. The maximum atomic E-state index is 6.62. The summed E-state index contributed by atoms with van der Waals surface area (Å²) in [6.07, 6.45) is 6.31.